The topological polar surface area (TPSA) is 24.5 Å². The van der Waals surface area contributed by atoms with E-state index in [1.807, 2.05) is 7.11 Å². The van der Waals surface area contributed by atoms with Crippen LogP contribution in [-0.4, -0.2) is 49.8 Å². The van der Waals surface area contributed by atoms with Crippen LogP contribution in [0, 0.1) is 11.3 Å². The van der Waals surface area contributed by atoms with Gasteiger partial charge in [-0.3, -0.25) is 4.90 Å². The van der Waals surface area contributed by atoms with Gasteiger partial charge in [0.05, 0.1) is 6.10 Å². The average Bonchev–Trinajstić information content (AvgIpc) is 2.41. The second kappa shape index (κ2) is 6.76. The molecule has 1 aliphatic carbocycles. The zero-order valence-electron chi connectivity index (χ0n) is 14.1. The van der Waals surface area contributed by atoms with Crippen molar-refractivity contribution in [3.05, 3.63) is 0 Å². The Morgan fingerprint density at radius 2 is 2.05 bits per heavy atom. The summed E-state index contributed by atoms with van der Waals surface area (Å²) in [5.41, 5.74) is 0.407. The Balaban J connectivity index is 2.08. The standard InChI is InChI=1S/C17H34N2O/c1-6-18-16-14(8-7-10-17(16,3)4)19-11-9-13(2)15(12-19)20-5/h13-16,18H,6-12H2,1-5H3. The lowest BCUT2D eigenvalue weighted by molar-refractivity contribution is -0.0433. The highest BCUT2D eigenvalue weighted by molar-refractivity contribution is 4.99. The van der Waals surface area contributed by atoms with Crippen LogP contribution in [0.1, 0.15) is 53.4 Å². The smallest absolute Gasteiger partial charge is 0.0724 e. The molecule has 0 aromatic rings. The first-order chi connectivity index (χ1) is 9.49. The van der Waals surface area contributed by atoms with E-state index in [1.54, 1.807) is 0 Å². The van der Waals surface area contributed by atoms with Gasteiger partial charge in [0.1, 0.15) is 0 Å². The average molecular weight is 282 g/mol. The largest absolute Gasteiger partial charge is 0.380 e. The summed E-state index contributed by atoms with van der Waals surface area (Å²) in [6.07, 6.45) is 5.74. The maximum atomic E-state index is 5.71. The number of methoxy groups -OCH3 is 1. The van der Waals surface area contributed by atoms with Gasteiger partial charge in [0.25, 0.3) is 0 Å². The van der Waals surface area contributed by atoms with Gasteiger partial charge in [-0.2, -0.15) is 0 Å². The molecule has 2 aliphatic rings. The van der Waals surface area contributed by atoms with Crippen LogP contribution in [0.2, 0.25) is 0 Å². The van der Waals surface area contributed by atoms with Crippen LogP contribution in [0.25, 0.3) is 0 Å². The molecule has 2 fully saturated rings. The Hall–Kier alpha value is -0.120. The van der Waals surface area contributed by atoms with Crippen molar-refractivity contribution in [2.75, 3.05) is 26.7 Å². The van der Waals surface area contributed by atoms with E-state index in [0.29, 0.717) is 29.5 Å². The van der Waals surface area contributed by atoms with E-state index in [-0.39, 0.29) is 0 Å². The van der Waals surface area contributed by atoms with Gasteiger partial charge in [0, 0.05) is 25.7 Å². The Labute approximate surface area is 125 Å². The van der Waals surface area contributed by atoms with Crippen LogP contribution in [0.3, 0.4) is 0 Å². The van der Waals surface area contributed by atoms with Crippen molar-refractivity contribution in [2.24, 2.45) is 11.3 Å². The summed E-state index contributed by atoms with van der Waals surface area (Å²) in [5.74, 6) is 0.699. The first-order valence-electron chi connectivity index (χ1n) is 8.49. The molecule has 0 aromatic carbocycles. The van der Waals surface area contributed by atoms with Gasteiger partial charge in [-0.1, -0.05) is 34.1 Å². The van der Waals surface area contributed by atoms with Gasteiger partial charge < -0.3 is 10.1 Å². The molecule has 1 heterocycles. The Kier molecular flexibility index (Phi) is 5.49. The fourth-order valence-electron chi connectivity index (χ4n) is 4.30. The molecular weight excluding hydrogens is 248 g/mol. The highest BCUT2D eigenvalue weighted by Crippen LogP contribution is 2.39. The van der Waals surface area contributed by atoms with Gasteiger partial charge in [-0.25, -0.2) is 0 Å². The minimum atomic E-state index is 0.407. The van der Waals surface area contributed by atoms with E-state index in [9.17, 15) is 0 Å². The molecule has 2 rings (SSSR count). The molecule has 1 saturated heterocycles. The number of ether oxygens (including phenoxy) is 1. The van der Waals surface area contributed by atoms with Crippen molar-refractivity contribution >= 4 is 0 Å². The van der Waals surface area contributed by atoms with E-state index in [4.69, 9.17) is 4.74 Å². The zero-order chi connectivity index (χ0) is 14.8. The Morgan fingerprint density at radius 1 is 1.30 bits per heavy atom. The van der Waals surface area contributed by atoms with Crippen LogP contribution in [-0.2, 0) is 4.74 Å². The molecule has 0 aromatic heterocycles. The lowest BCUT2D eigenvalue weighted by Crippen LogP contribution is -2.61. The molecular formula is C17H34N2O. The molecule has 1 aliphatic heterocycles. The summed E-state index contributed by atoms with van der Waals surface area (Å²) in [4.78, 5) is 2.71. The van der Waals surface area contributed by atoms with Gasteiger partial charge in [-0.15, -0.1) is 0 Å². The van der Waals surface area contributed by atoms with E-state index >= 15 is 0 Å². The molecule has 4 atom stereocenters. The number of likely N-dealkylation sites (N-methyl/N-ethyl adjacent to an activating group) is 1. The molecule has 118 valence electrons. The number of likely N-dealkylation sites (tertiary alicyclic amines) is 1. The maximum absolute atomic E-state index is 5.71. The monoisotopic (exact) mass is 282 g/mol. The number of hydrogen-bond donors (Lipinski definition) is 1. The fraction of sp³-hybridized carbons (Fsp3) is 1.00. The van der Waals surface area contributed by atoms with Crippen LogP contribution < -0.4 is 5.32 Å². The van der Waals surface area contributed by atoms with Gasteiger partial charge >= 0.3 is 0 Å². The lowest BCUT2D eigenvalue weighted by Gasteiger charge is -2.51. The summed E-state index contributed by atoms with van der Waals surface area (Å²) >= 11 is 0. The van der Waals surface area contributed by atoms with Crippen molar-refractivity contribution in [3.8, 4) is 0 Å². The van der Waals surface area contributed by atoms with Gasteiger partial charge in [-0.05, 0) is 43.7 Å². The van der Waals surface area contributed by atoms with Crippen LogP contribution in [0.5, 0.6) is 0 Å². The fourth-order valence-corrected chi connectivity index (χ4v) is 4.30. The van der Waals surface area contributed by atoms with Crippen molar-refractivity contribution in [1.29, 1.82) is 0 Å². The van der Waals surface area contributed by atoms with Crippen LogP contribution in [0.15, 0.2) is 0 Å². The second-order valence-electron chi connectivity index (χ2n) is 7.52. The minimum Gasteiger partial charge on any atom is -0.380 e. The molecule has 1 N–H and O–H groups in total. The SMILES string of the molecule is CCNC1C(N2CCC(C)C(OC)C2)CCCC1(C)C. The number of piperidine rings is 1. The predicted octanol–water partition coefficient (Wildman–Crippen LogP) is 2.90. The maximum Gasteiger partial charge on any atom is 0.0724 e. The van der Waals surface area contributed by atoms with E-state index in [0.717, 1.165) is 13.1 Å². The molecule has 0 radical (unpaired) electrons. The summed E-state index contributed by atoms with van der Waals surface area (Å²) in [5, 5.41) is 3.78. The highest BCUT2D eigenvalue weighted by Gasteiger charge is 2.42. The Bertz CT molecular complexity index is 305. The van der Waals surface area contributed by atoms with Crippen molar-refractivity contribution in [3.63, 3.8) is 0 Å². The highest BCUT2D eigenvalue weighted by atomic mass is 16.5. The number of nitrogens with zero attached hydrogens (tertiary/aromatic N) is 1. The van der Waals surface area contributed by atoms with E-state index < -0.39 is 0 Å². The summed E-state index contributed by atoms with van der Waals surface area (Å²) in [7, 11) is 1.87. The summed E-state index contributed by atoms with van der Waals surface area (Å²) in [6, 6.07) is 1.30. The molecule has 1 saturated carbocycles. The molecule has 0 amide bonds. The number of hydrogen-bond acceptors (Lipinski definition) is 3. The molecule has 3 nitrogen and oxygen atoms in total. The zero-order valence-corrected chi connectivity index (χ0v) is 14.1. The molecule has 0 spiro atoms. The van der Waals surface area contributed by atoms with Gasteiger partial charge in [0.2, 0.25) is 0 Å². The minimum absolute atomic E-state index is 0.407. The predicted molar refractivity (Wildman–Crippen MR) is 85.0 cm³/mol. The number of nitrogens with one attached hydrogen (secondary N) is 1. The lowest BCUT2D eigenvalue weighted by atomic mass is 9.70. The summed E-state index contributed by atoms with van der Waals surface area (Å²) < 4.78 is 5.71. The van der Waals surface area contributed by atoms with Crippen molar-refractivity contribution in [1.82, 2.24) is 10.2 Å². The third-order valence-corrected chi connectivity index (χ3v) is 5.66. The Morgan fingerprint density at radius 3 is 2.70 bits per heavy atom. The third-order valence-electron chi connectivity index (χ3n) is 5.66. The van der Waals surface area contributed by atoms with Crippen LogP contribution >= 0.6 is 0 Å². The van der Waals surface area contributed by atoms with Gasteiger partial charge in [0.15, 0.2) is 0 Å². The summed E-state index contributed by atoms with van der Waals surface area (Å²) in [6.45, 7) is 12.9. The number of rotatable bonds is 4. The quantitative estimate of drug-likeness (QED) is 0.858. The van der Waals surface area contributed by atoms with E-state index in [2.05, 4.69) is 37.9 Å². The van der Waals surface area contributed by atoms with Crippen molar-refractivity contribution in [2.45, 2.75) is 71.6 Å². The molecule has 20 heavy (non-hydrogen) atoms. The van der Waals surface area contributed by atoms with Crippen molar-refractivity contribution < 1.29 is 4.74 Å². The van der Waals surface area contributed by atoms with Crippen LogP contribution in [0.4, 0.5) is 0 Å². The molecule has 0 bridgehead atoms. The third kappa shape index (κ3) is 3.37. The van der Waals surface area contributed by atoms with E-state index in [1.165, 1.54) is 32.2 Å². The first-order valence-corrected chi connectivity index (χ1v) is 8.49. The second-order valence-corrected chi connectivity index (χ2v) is 7.52. The normalized spacial score (nSPS) is 38.9. The molecule has 3 heteroatoms. The molecule has 4 unspecified atom stereocenters. The first kappa shape index (κ1) is 16.3.